The molecule has 3 N–H and O–H groups in total. The Kier molecular flexibility index (Phi) is 56.5. The van der Waals surface area contributed by atoms with E-state index in [0.717, 1.165) is 51.4 Å². The number of rotatable bonds is 56. The van der Waals surface area contributed by atoms with E-state index < -0.39 is 12.1 Å². The number of carbonyl (C=O) groups is 2. The molecule has 0 heterocycles. The average Bonchev–Trinajstić information content (AvgIpc) is 3.35. The molecule has 0 saturated carbocycles. The number of carbonyl (C=O) groups excluding carboxylic acids is 2. The van der Waals surface area contributed by atoms with Gasteiger partial charge < -0.3 is 20.3 Å². The van der Waals surface area contributed by atoms with Crippen LogP contribution in [0.1, 0.15) is 316 Å². The third-order valence-corrected chi connectivity index (χ3v) is 13.8. The van der Waals surface area contributed by atoms with Crippen LogP contribution in [0.5, 0.6) is 0 Å². The van der Waals surface area contributed by atoms with E-state index in [2.05, 4.69) is 55.6 Å². The van der Waals surface area contributed by atoms with Crippen LogP contribution in [0.15, 0.2) is 48.6 Å². The fourth-order valence-corrected chi connectivity index (χ4v) is 9.13. The van der Waals surface area contributed by atoms with E-state index in [0.29, 0.717) is 19.4 Å². The molecule has 0 saturated heterocycles. The Labute approximate surface area is 429 Å². The molecule has 0 rings (SSSR count). The van der Waals surface area contributed by atoms with Crippen LogP contribution in [-0.2, 0) is 14.3 Å². The number of hydrogen-bond donors (Lipinski definition) is 3. The van der Waals surface area contributed by atoms with Crippen molar-refractivity contribution in [3.05, 3.63) is 48.6 Å². The minimum atomic E-state index is -0.846. The lowest BCUT2D eigenvalue weighted by atomic mass is 10.0. The van der Waals surface area contributed by atoms with Crippen molar-refractivity contribution >= 4 is 11.9 Å². The largest absolute Gasteiger partial charge is 0.466 e. The zero-order valence-corrected chi connectivity index (χ0v) is 46.0. The number of aliphatic hydroxyl groups excluding tert-OH is 2. The first-order valence-corrected chi connectivity index (χ1v) is 30.4. The molecule has 0 aromatic carbocycles. The summed E-state index contributed by atoms with van der Waals surface area (Å²) >= 11 is 0. The summed E-state index contributed by atoms with van der Waals surface area (Å²) in [5.41, 5.74) is 0. The SMILES string of the molecule is CCCCCC/C=C\CCCCCCCC(=O)OCCCCCCCCCCC/C=C\C/C=C\CCCCCCCCCCCCCC(=O)NC(CO)C(O)/C=C/CCCCCCCCCCCC. The molecule has 0 aromatic heterocycles. The summed E-state index contributed by atoms with van der Waals surface area (Å²) in [6, 6.07) is -0.630. The maximum absolute atomic E-state index is 12.4. The Hall–Kier alpha value is -2.18. The number of nitrogens with one attached hydrogen (secondary N) is 1. The summed E-state index contributed by atoms with van der Waals surface area (Å²) in [5.74, 6) is -0.0716. The van der Waals surface area contributed by atoms with Gasteiger partial charge >= 0.3 is 5.97 Å². The smallest absolute Gasteiger partial charge is 0.305 e. The fourth-order valence-electron chi connectivity index (χ4n) is 9.13. The quantitative estimate of drug-likeness (QED) is 0.0321. The first kappa shape index (κ1) is 66.8. The van der Waals surface area contributed by atoms with E-state index in [1.54, 1.807) is 6.08 Å². The van der Waals surface area contributed by atoms with Gasteiger partial charge in [0.25, 0.3) is 0 Å². The van der Waals surface area contributed by atoms with Crippen LogP contribution in [-0.4, -0.2) is 47.4 Å². The Morgan fingerprint density at radius 2 is 0.725 bits per heavy atom. The molecule has 6 nitrogen and oxygen atoms in total. The number of allylic oxidation sites excluding steroid dienone is 7. The molecule has 0 spiro atoms. The highest BCUT2D eigenvalue weighted by molar-refractivity contribution is 5.76. The Morgan fingerprint density at radius 3 is 1.13 bits per heavy atom. The maximum atomic E-state index is 12.4. The molecule has 2 unspecified atom stereocenters. The van der Waals surface area contributed by atoms with Gasteiger partial charge in [-0.2, -0.15) is 0 Å². The van der Waals surface area contributed by atoms with Gasteiger partial charge in [0.05, 0.1) is 25.4 Å². The van der Waals surface area contributed by atoms with E-state index in [1.165, 1.54) is 238 Å². The summed E-state index contributed by atoms with van der Waals surface area (Å²) in [6.07, 6.45) is 74.4. The van der Waals surface area contributed by atoms with Crippen molar-refractivity contribution < 1.29 is 24.5 Å². The lowest BCUT2D eigenvalue weighted by Gasteiger charge is -2.20. The molecular formula is C63H117NO5. The molecule has 0 aromatic rings. The van der Waals surface area contributed by atoms with Crippen LogP contribution >= 0.6 is 0 Å². The van der Waals surface area contributed by atoms with Crippen molar-refractivity contribution in [1.82, 2.24) is 5.32 Å². The molecular weight excluding hydrogens is 851 g/mol. The van der Waals surface area contributed by atoms with Gasteiger partial charge in [-0.1, -0.05) is 262 Å². The van der Waals surface area contributed by atoms with Crippen molar-refractivity contribution in [2.24, 2.45) is 0 Å². The molecule has 2 atom stereocenters. The standard InChI is InChI=1S/C63H117NO5/c1-3-5-7-9-11-13-15-32-37-41-45-49-53-57-63(68)69-58-54-50-46-42-38-34-31-29-27-25-23-21-19-17-18-20-22-24-26-28-30-33-36-40-44-48-52-56-62(67)64-60(59-65)61(66)55-51-47-43-39-35-16-14-12-10-8-6-4-2/h13,15,17-18,21,23,51,55,60-61,65-66H,3-12,14,16,19-20,22,24-50,52-54,56-59H2,1-2H3,(H,64,67)/b15-13-,18-17-,23-21-,55-51+. The average molecular weight is 969 g/mol. The lowest BCUT2D eigenvalue weighted by Crippen LogP contribution is -2.45. The summed E-state index contributed by atoms with van der Waals surface area (Å²) in [7, 11) is 0. The highest BCUT2D eigenvalue weighted by Gasteiger charge is 2.18. The number of ether oxygens (including phenoxy) is 1. The third-order valence-electron chi connectivity index (χ3n) is 13.8. The zero-order valence-electron chi connectivity index (χ0n) is 46.0. The highest BCUT2D eigenvalue weighted by atomic mass is 16.5. The van der Waals surface area contributed by atoms with Gasteiger partial charge in [-0.25, -0.2) is 0 Å². The molecule has 6 heteroatoms. The predicted octanol–water partition coefficient (Wildman–Crippen LogP) is 19.0. The zero-order chi connectivity index (χ0) is 50.0. The van der Waals surface area contributed by atoms with Crippen molar-refractivity contribution in [2.45, 2.75) is 328 Å². The maximum Gasteiger partial charge on any atom is 0.305 e. The van der Waals surface area contributed by atoms with E-state index in [4.69, 9.17) is 4.74 Å². The normalized spacial score (nSPS) is 12.9. The Balaban J connectivity index is 3.44. The number of unbranched alkanes of at least 4 members (excludes halogenated alkanes) is 39. The number of aliphatic hydroxyl groups is 2. The van der Waals surface area contributed by atoms with Crippen molar-refractivity contribution in [1.29, 1.82) is 0 Å². The molecule has 0 aliphatic carbocycles. The summed E-state index contributed by atoms with van der Waals surface area (Å²) < 4.78 is 5.47. The predicted molar refractivity (Wildman–Crippen MR) is 301 cm³/mol. The molecule has 0 aliphatic rings. The minimum Gasteiger partial charge on any atom is -0.466 e. The van der Waals surface area contributed by atoms with Crippen LogP contribution in [0.4, 0.5) is 0 Å². The minimum absolute atomic E-state index is 0.000465. The number of amides is 1. The van der Waals surface area contributed by atoms with E-state index in [1.807, 2.05) is 6.08 Å². The molecule has 0 bridgehead atoms. The second kappa shape index (κ2) is 58.4. The van der Waals surface area contributed by atoms with Crippen molar-refractivity contribution in [3.63, 3.8) is 0 Å². The highest BCUT2D eigenvalue weighted by Crippen LogP contribution is 2.16. The van der Waals surface area contributed by atoms with Crippen LogP contribution in [0.2, 0.25) is 0 Å². The number of hydrogen-bond acceptors (Lipinski definition) is 5. The van der Waals surface area contributed by atoms with Gasteiger partial charge in [-0.3, -0.25) is 9.59 Å². The molecule has 0 radical (unpaired) electrons. The first-order valence-electron chi connectivity index (χ1n) is 30.4. The van der Waals surface area contributed by atoms with Gasteiger partial charge in [-0.05, 0) is 89.9 Å². The molecule has 69 heavy (non-hydrogen) atoms. The molecule has 404 valence electrons. The van der Waals surface area contributed by atoms with Crippen LogP contribution < -0.4 is 5.32 Å². The van der Waals surface area contributed by atoms with Gasteiger partial charge in [0, 0.05) is 12.8 Å². The lowest BCUT2D eigenvalue weighted by molar-refractivity contribution is -0.143. The molecule has 1 amide bonds. The topological polar surface area (TPSA) is 95.9 Å². The molecule has 0 aliphatic heterocycles. The van der Waals surface area contributed by atoms with E-state index in [9.17, 15) is 19.8 Å². The van der Waals surface area contributed by atoms with Crippen LogP contribution in [0, 0.1) is 0 Å². The second-order valence-corrected chi connectivity index (χ2v) is 20.7. The van der Waals surface area contributed by atoms with Gasteiger partial charge in [0.2, 0.25) is 5.91 Å². The first-order chi connectivity index (χ1) is 34.0. The van der Waals surface area contributed by atoms with Crippen LogP contribution in [0.25, 0.3) is 0 Å². The van der Waals surface area contributed by atoms with Gasteiger partial charge in [0.1, 0.15) is 0 Å². The van der Waals surface area contributed by atoms with Crippen molar-refractivity contribution in [3.8, 4) is 0 Å². The molecule has 0 fully saturated rings. The monoisotopic (exact) mass is 968 g/mol. The fraction of sp³-hybridized carbons (Fsp3) is 0.841. The summed E-state index contributed by atoms with van der Waals surface area (Å²) in [6.45, 7) is 4.88. The van der Waals surface area contributed by atoms with E-state index >= 15 is 0 Å². The van der Waals surface area contributed by atoms with Gasteiger partial charge in [0.15, 0.2) is 0 Å². The van der Waals surface area contributed by atoms with Crippen LogP contribution in [0.3, 0.4) is 0 Å². The third kappa shape index (κ3) is 55.0. The van der Waals surface area contributed by atoms with Gasteiger partial charge in [-0.15, -0.1) is 0 Å². The second-order valence-electron chi connectivity index (χ2n) is 20.7. The number of esters is 1. The summed E-state index contributed by atoms with van der Waals surface area (Å²) in [4.78, 5) is 24.4. The Morgan fingerprint density at radius 1 is 0.406 bits per heavy atom. The Bertz CT molecular complexity index is 1160. The van der Waals surface area contributed by atoms with Crippen molar-refractivity contribution in [2.75, 3.05) is 13.2 Å². The summed E-state index contributed by atoms with van der Waals surface area (Å²) in [5, 5.41) is 23.0. The van der Waals surface area contributed by atoms with E-state index in [-0.39, 0.29) is 18.5 Å².